The van der Waals surface area contributed by atoms with Crippen molar-refractivity contribution in [2.45, 2.75) is 0 Å². The fourth-order valence-corrected chi connectivity index (χ4v) is 1.78. The van der Waals surface area contributed by atoms with E-state index in [0.29, 0.717) is 19.0 Å². The first-order valence-electron chi connectivity index (χ1n) is 5.45. The van der Waals surface area contributed by atoms with Gasteiger partial charge in [0.1, 0.15) is 12.1 Å². The van der Waals surface area contributed by atoms with Crippen molar-refractivity contribution in [3.05, 3.63) is 17.0 Å². The van der Waals surface area contributed by atoms with E-state index in [-0.39, 0.29) is 12.5 Å². The van der Waals surface area contributed by atoms with E-state index < -0.39 is 0 Å². The molecule has 0 bridgehead atoms. The summed E-state index contributed by atoms with van der Waals surface area (Å²) in [5.74, 6) is 0.703. The number of aromatic nitrogens is 2. The van der Waals surface area contributed by atoms with Gasteiger partial charge in [-0.2, -0.15) is 0 Å². The van der Waals surface area contributed by atoms with Gasteiger partial charge in [-0.05, 0) is 15.9 Å². The molecular formula is C11H17BrN4O2. The third-order valence-electron chi connectivity index (χ3n) is 2.34. The number of hydrogen-bond acceptors (Lipinski definition) is 5. The van der Waals surface area contributed by atoms with Crippen molar-refractivity contribution in [2.75, 3.05) is 45.8 Å². The predicted molar refractivity (Wildman–Crippen MR) is 72.5 cm³/mol. The number of carbonyl (C=O) groups excluding carboxylic acids is 1. The van der Waals surface area contributed by atoms with Crippen LogP contribution in [0.2, 0.25) is 0 Å². The summed E-state index contributed by atoms with van der Waals surface area (Å²) >= 11 is 3.38. The van der Waals surface area contributed by atoms with Crippen LogP contribution in [0.15, 0.2) is 17.0 Å². The number of anilines is 1. The molecule has 0 aromatic carbocycles. The Labute approximate surface area is 115 Å². The van der Waals surface area contributed by atoms with Crippen molar-refractivity contribution < 1.29 is 9.53 Å². The fourth-order valence-electron chi connectivity index (χ4n) is 1.30. The van der Waals surface area contributed by atoms with Crippen molar-refractivity contribution in [1.82, 2.24) is 14.9 Å². The van der Waals surface area contributed by atoms with Crippen LogP contribution in [0.3, 0.4) is 0 Å². The Morgan fingerprint density at radius 3 is 2.78 bits per heavy atom. The number of rotatable bonds is 6. The average molecular weight is 317 g/mol. The number of amides is 1. The molecule has 0 fully saturated rings. The molecule has 1 aromatic heterocycles. The topological polar surface area (TPSA) is 58.6 Å². The van der Waals surface area contributed by atoms with E-state index in [9.17, 15) is 4.79 Å². The number of nitrogens with zero attached hydrogens (tertiary/aromatic N) is 4. The average Bonchev–Trinajstić information content (AvgIpc) is 2.35. The Balaban J connectivity index is 2.84. The molecular weight excluding hydrogens is 300 g/mol. The maximum absolute atomic E-state index is 11.8. The smallest absolute Gasteiger partial charge is 0.241 e. The normalized spacial score (nSPS) is 10.2. The lowest BCUT2D eigenvalue weighted by molar-refractivity contribution is -0.127. The van der Waals surface area contributed by atoms with Crippen LogP contribution >= 0.6 is 15.9 Å². The first kappa shape index (κ1) is 14.8. The summed E-state index contributed by atoms with van der Waals surface area (Å²) in [6.45, 7) is 1.37. The van der Waals surface area contributed by atoms with Gasteiger partial charge in [-0.25, -0.2) is 9.97 Å². The number of hydrogen-bond donors (Lipinski definition) is 0. The Bertz CT molecular complexity index is 400. The maximum atomic E-state index is 11.8. The van der Waals surface area contributed by atoms with Gasteiger partial charge in [0.05, 0.1) is 17.6 Å². The van der Waals surface area contributed by atoms with Crippen LogP contribution in [-0.2, 0) is 9.53 Å². The molecule has 0 aliphatic heterocycles. The van der Waals surface area contributed by atoms with Gasteiger partial charge in [-0.15, -0.1) is 0 Å². The Kier molecular flexibility index (Phi) is 6.00. The van der Waals surface area contributed by atoms with E-state index in [1.165, 1.54) is 6.33 Å². The molecule has 1 rings (SSSR count). The zero-order valence-corrected chi connectivity index (χ0v) is 12.3. The second kappa shape index (κ2) is 7.27. The second-order valence-electron chi connectivity index (χ2n) is 3.90. The number of methoxy groups -OCH3 is 1. The van der Waals surface area contributed by atoms with Crippen LogP contribution in [0.1, 0.15) is 0 Å². The Hall–Kier alpha value is -1.21. The van der Waals surface area contributed by atoms with Gasteiger partial charge < -0.3 is 14.5 Å². The third-order valence-corrected chi connectivity index (χ3v) is 2.90. The summed E-state index contributed by atoms with van der Waals surface area (Å²) in [7, 11) is 5.08. The van der Waals surface area contributed by atoms with Crippen LogP contribution in [-0.4, -0.2) is 61.7 Å². The molecule has 6 nitrogen and oxygen atoms in total. The molecule has 1 amide bonds. The minimum Gasteiger partial charge on any atom is -0.383 e. The van der Waals surface area contributed by atoms with E-state index >= 15 is 0 Å². The van der Waals surface area contributed by atoms with Crippen LogP contribution in [0, 0.1) is 0 Å². The quantitative estimate of drug-likeness (QED) is 0.776. The molecule has 0 atom stereocenters. The summed E-state index contributed by atoms with van der Waals surface area (Å²) in [5.41, 5.74) is 0. The first-order valence-corrected chi connectivity index (χ1v) is 6.25. The fraction of sp³-hybridized carbons (Fsp3) is 0.545. The van der Waals surface area contributed by atoms with Gasteiger partial charge in [-0.1, -0.05) is 0 Å². The van der Waals surface area contributed by atoms with Crippen LogP contribution in [0.4, 0.5) is 5.82 Å². The number of ether oxygens (including phenoxy) is 1. The summed E-state index contributed by atoms with van der Waals surface area (Å²) < 4.78 is 5.81. The highest BCUT2D eigenvalue weighted by Crippen LogP contribution is 2.21. The Morgan fingerprint density at radius 1 is 1.50 bits per heavy atom. The van der Waals surface area contributed by atoms with E-state index in [0.717, 1.165) is 4.47 Å². The van der Waals surface area contributed by atoms with Gasteiger partial charge in [0, 0.05) is 33.9 Å². The Morgan fingerprint density at radius 2 is 2.22 bits per heavy atom. The highest BCUT2D eigenvalue weighted by Gasteiger charge is 2.16. The van der Waals surface area contributed by atoms with Crippen molar-refractivity contribution in [3.63, 3.8) is 0 Å². The molecule has 0 aliphatic rings. The first-order chi connectivity index (χ1) is 8.56. The van der Waals surface area contributed by atoms with Crippen LogP contribution in [0.5, 0.6) is 0 Å². The second-order valence-corrected chi connectivity index (χ2v) is 4.75. The molecule has 18 heavy (non-hydrogen) atoms. The molecule has 0 saturated heterocycles. The van der Waals surface area contributed by atoms with E-state index in [1.54, 1.807) is 32.3 Å². The van der Waals surface area contributed by atoms with Gasteiger partial charge in [0.15, 0.2) is 0 Å². The molecule has 0 N–H and O–H groups in total. The summed E-state index contributed by atoms with van der Waals surface area (Å²) in [6.07, 6.45) is 3.11. The summed E-state index contributed by atoms with van der Waals surface area (Å²) in [4.78, 5) is 23.3. The third kappa shape index (κ3) is 4.23. The monoisotopic (exact) mass is 316 g/mol. The zero-order valence-electron chi connectivity index (χ0n) is 10.8. The molecule has 0 saturated carbocycles. The number of carbonyl (C=O) groups is 1. The van der Waals surface area contributed by atoms with E-state index in [2.05, 4.69) is 25.9 Å². The maximum Gasteiger partial charge on any atom is 0.241 e. The molecule has 0 radical (unpaired) electrons. The van der Waals surface area contributed by atoms with Crippen molar-refractivity contribution in [3.8, 4) is 0 Å². The summed E-state index contributed by atoms with van der Waals surface area (Å²) in [6, 6.07) is 0. The molecule has 100 valence electrons. The standard InChI is InChI=1S/C11H17BrN4O2/c1-15(2)10(17)7-16(4-5-18-3)11-9(12)6-13-8-14-11/h6,8H,4-5,7H2,1-3H3. The minimum absolute atomic E-state index is 0.0108. The van der Waals surface area contributed by atoms with Crippen molar-refractivity contribution in [2.24, 2.45) is 0 Å². The largest absolute Gasteiger partial charge is 0.383 e. The lowest BCUT2D eigenvalue weighted by Gasteiger charge is -2.24. The lowest BCUT2D eigenvalue weighted by Crippen LogP contribution is -2.39. The highest BCUT2D eigenvalue weighted by molar-refractivity contribution is 9.10. The SMILES string of the molecule is COCCN(CC(=O)N(C)C)c1ncncc1Br. The van der Waals surface area contributed by atoms with E-state index in [1.807, 2.05) is 4.90 Å². The predicted octanol–water partition coefficient (Wildman–Crippen LogP) is 0.780. The van der Waals surface area contributed by atoms with Gasteiger partial charge in [-0.3, -0.25) is 4.79 Å². The molecule has 1 aromatic rings. The van der Waals surface area contributed by atoms with E-state index in [4.69, 9.17) is 4.74 Å². The van der Waals surface area contributed by atoms with Gasteiger partial charge >= 0.3 is 0 Å². The number of likely N-dealkylation sites (N-methyl/N-ethyl adjacent to an activating group) is 1. The van der Waals surface area contributed by atoms with Gasteiger partial charge in [0.25, 0.3) is 0 Å². The molecule has 1 heterocycles. The number of halogens is 1. The van der Waals surface area contributed by atoms with Crippen LogP contribution in [0.25, 0.3) is 0 Å². The van der Waals surface area contributed by atoms with Crippen molar-refractivity contribution in [1.29, 1.82) is 0 Å². The zero-order chi connectivity index (χ0) is 13.5. The molecule has 0 aliphatic carbocycles. The molecule has 0 spiro atoms. The van der Waals surface area contributed by atoms with Crippen LogP contribution < -0.4 is 4.90 Å². The van der Waals surface area contributed by atoms with Gasteiger partial charge in [0.2, 0.25) is 5.91 Å². The molecule has 7 heteroatoms. The minimum atomic E-state index is 0.0108. The lowest BCUT2D eigenvalue weighted by atomic mass is 10.4. The molecule has 0 unspecified atom stereocenters. The summed E-state index contributed by atoms with van der Waals surface area (Å²) in [5, 5.41) is 0. The highest BCUT2D eigenvalue weighted by atomic mass is 79.9. The van der Waals surface area contributed by atoms with Crippen molar-refractivity contribution >= 4 is 27.7 Å².